The van der Waals surface area contributed by atoms with Crippen LogP contribution < -0.4 is 11.1 Å². The molecule has 0 aliphatic rings. The average Bonchev–Trinajstić information content (AvgIpc) is 2.78. The highest BCUT2D eigenvalue weighted by atomic mass is 19.4. The third-order valence-electron chi connectivity index (χ3n) is 2.91. The van der Waals surface area contributed by atoms with Gasteiger partial charge in [0.05, 0.1) is 16.9 Å². The van der Waals surface area contributed by atoms with Gasteiger partial charge in [-0.1, -0.05) is 12.1 Å². The number of nitrogens with one attached hydrogen (secondary N) is 1. The van der Waals surface area contributed by atoms with Crippen molar-refractivity contribution in [1.29, 1.82) is 0 Å². The Morgan fingerprint density at radius 3 is 2.68 bits per heavy atom. The highest BCUT2D eigenvalue weighted by Gasteiger charge is 2.34. The van der Waals surface area contributed by atoms with Crippen LogP contribution >= 0.6 is 0 Å². The summed E-state index contributed by atoms with van der Waals surface area (Å²) in [4.78, 5) is 11.6. The Hall–Kier alpha value is -2.35. The quantitative estimate of drug-likeness (QED) is 0.911. The predicted molar refractivity (Wildman–Crippen MR) is 75.6 cm³/mol. The highest BCUT2D eigenvalue weighted by molar-refractivity contribution is 5.90. The number of nitrogens with two attached hydrogens (primary N) is 1. The van der Waals surface area contributed by atoms with Crippen molar-refractivity contribution in [2.24, 2.45) is 5.73 Å². The summed E-state index contributed by atoms with van der Waals surface area (Å²) in [7, 11) is 0. The zero-order valence-corrected chi connectivity index (χ0v) is 11.8. The fourth-order valence-corrected chi connectivity index (χ4v) is 2.01. The number of hydrogen-bond donors (Lipinski definition) is 2. The maximum atomic E-state index is 13.1. The Morgan fingerprint density at radius 1 is 1.36 bits per heavy atom. The molecule has 1 amide bonds. The Morgan fingerprint density at radius 2 is 2.05 bits per heavy atom. The van der Waals surface area contributed by atoms with Gasteiger partial charge in [0.25, 0.3) is 0 Å². The van der Waals surface area contributed by atoms with Crippen molar-refractivity contribution < 1.29 is 18.0 Å². The van der Waals surface area contributed by atoms with E-state index in [-0.39, 0.29) is 30.4 Å². The van der Waals surface area contributed by atoms with Gasteiger partial charge < -0.3 is 11.1 Å². The molecule has 1 aromatic carbocycles. The van der Waals surface area contributed by atoms with Crippen LogP contribution in [0.25, 0.3) is 5.69 Å². The lowest BCUT2D eigenvalue weighted by molar-refractivity contribution is -0.137. The summed E-state index contributed by atoms with van der Waals surface area (Å²) in [6.45, 7) is 1.78. The first-order chi connectivity index (χ1) is 10.3. The van der Waals surface area contributed by atoms with E-state index >= 15 is 0 Å². The normalized spacial score (nSPS) is 11.5. The van der Waals surface area contributed by atoms with Crippen LogP contribution in [0.1, 0.15) is 17.7 Å². The monoisotopic (exact) mass is 312 g/mol. The first kappa shape index (κ1) is 16.0. The van der Waals surface area contributed by atoms with Crippen LogP contribution in [0.4, 0.5) is 19.0 Å². The number of carbonyl (C=O) groups is 1. The second-order valence-corrected chi connectivity index (χ2v) is 4.68. The van der Waals surface area contributed by atoms with E-state index in [2.05, 4.69) is 10.4 Å². The number of anilines is 1. The van der Waals surface area contributed by atoms with Crippen molar-refractivity contribution in [2.45, 2.75) is 19.5 Å². The van der Waals surface area contributed by atoms with Crippen molar-refractivity contribution in [2.75, 3.05) is 11.9 Å². The van der Waals surface area contributed by atoms with Gasteiger partial charge in [-0.05, 0) is 19.1 Å². The fraction of sp³-hybridized carbons (Fsp3) is 0.286. The van der Waals surface area contributed by atoms with E-state index in [0.717, 1.165) is 10.7 Å². The number of hydrogen-bond acceptors (Lipinski definition) is 3. The van der Waals surface area contributed by atoms with Gasteiger partial charge in [0.15, 0.2) is 0 Å². The van der Waals surface area contributed by atoms with Gasteiger partial charge in [0.2, 0.25) is 5.91 Å². The molecule has 0 saturated heterocycles. The molecule has 0 spiro atoms. The second-order valence-electron chi connectivity index (χ2n) is 4.68. The lowest BCUT2D eigenvalue weighted by Crippen LogP contribution is -2.19. The smallest absolute Gasteiger partial charge is 0.330 e. The molecule has 2 rings (SSSR count). The number of aryl methyl sites for hydroxylation is 1. The van der Waals surface area contributed by atoms with Crippen molar-refractivity contribution >= 4 is 11.7 Å². The molecule has 2 aromatic rings. The Kier molecular flexibility index (Phi) is 4.51. The molecule has 3 N–H and O–H groups in total. The van der Waals surface area contributed by atoms with E-state index in [1.54, 1.807) is 6.92 Å². The van der Waals surface area contributed by atoms with Crippen LogP contribution in [0.5, 0.6) is 0 Å². The van der Waals surface area contributed by atoms with Gasteiger partial charge in [-0.2, -0.15) is 18.3 Å². The molecule has 1 heterocycles. The van der Waals surface area contributed by atoms with E-state index in [9.17, 15) is 18.0 Å². The maximum Gasteiger partial charge on any atom is 0.418 e. The van der Waals surface area contributed by atoms with Crippen molar-refractivity contribution in [3.05, 3.63) is 41.6 Å². The van der Waals surface area contributed by atoms with Gasteiger partial charge in [-0.3, -0.25) is 4.79 Å². The molecule has 0 atom stereocenters. The summed E-state index contributed by atoms with van der Waals surface area (Å²) in [5.41, 5.74) is 4.80. The molecule has 0 radical (unpaired) electrons. The first-order valence-electron chi connectivity index (χ1n) is 6.56. The van der Waals surface area contributed by atoms with Crippen molar-refractivity contribution in [3.63, 3.8) is 0 Å². The first-order valence-corrected chi connectivity index (χ1v) is 6.56. The summed E-state index contributed by atoms with van der Waals surface area (Å²) in [6, 6.07) is 6.55. The number of rotatable bonds is 4. The lowest BCUT2D eigenvalue weighted by Gasteiger charge is -2.15. The molecule has 0 unspecified atom stereocenters. The summed E-state index contributed by atoms with van der Waals surface area (Å²) >= 11 is 0. The van der Waals surface area contributed by atoms with E-state index in [0.29, 0.717) is 5.69 Å². The maximum absolute atomic E-state index is 13.1. The summed E-state index contributed by atoms with van der Waals surface area (Å²) in [5, 5.41) is 6.56. The van der Waals surface area contributed by atoms with Gasteiger partial charge in [-0.15, -0.1) is 0 Å². The van der Waals surface area contributed by atoms with Crippen molar-refractivity contribution in [1.82, 2.24) is 9.78 Å². The number of alkyl halides is 3. The third kappa shape index (κ3) is 3.45. The van der Waals surface area contributed by atoms with Gasteiger partial charge in [0.1, 0.15) is 5.82 Å². The minimum Gasteiger partial charge on any atom is -0.330 e. The molecule has 22 heavy (non-hydrogen) atoms. The summed E-state index contributed by atoms with van der Waals surface area (Å²) in [5.74, 6) is -0.208. The van der Waals surface area contributed by atoms with Crippen LogP contribution in [0.3, 0.4) is 0 Å². The number of aromatic nitrogens is 2. The fourth-order valence-electron chi connectivity index (χ4n) is 2.01. The van der Waals surface area contributed by atoms with E-state index < -0.39 is 11.7 Å². The zero-order valence-electron chi connectivity index (χ0n) is 11.8. The molecule has 1 aromatic heterocycles. The lowest BCUT2D eigenvalue weighted by atomic mass is 10.1. The Labute approximate surface area is 124 Å². The standard InChI is InChI=1S/C14H15F3N4O/c1-9-8-12(19-13(22)6-7-18)21(20-9)11-5-3-2-4-10(11)14(15,16)17/h2-5,8H,6-7,18H2,1H3,(H,19,22). The SMILES string of the molecule is Cc1cc(NC(=O)CCN)n(-c2ccccc2C(F)(F)F)n1. The molecule has 0 aliphatic carbocycles. The van der Waals surface area contributed by atoms with Gasteiger partial charge in [-0.25, -0.2) is 4.68 Å². The minimum atomic E-state index is -4.52. The molecular formula is C14H15F3N4O. The van der Waals surface area contributed by atoms with Crippen LogP contribution in [-0.4, -0.2) is 22.2 Å². The van der Waals surface area contributed by atoms with Crippen LogP contribution in [0.2, 0.25) is 0 Å². The number of carbonyl (C=O) groups excluding carboxylic acids is 1. The molecule has 0 bridgehead atoms. The molecule has 118 valence electrons. The molecule has 5 nitrogen and oxygen atoms in total. The predicted octanol–water partition coefficient (Wildman–Crippen LogP) is 2.49. The minimum absolute atomic E-state index is 0.0745. The Balaban J connectivity index is 2.48. The second kappa shape index (κ2) is 6.18. The molecule has 0 fully saturated rings. The number of benzene rings is 1. The molecular weight excluding hydrogens is 297 g/mol. The Bertz CT molecular complexity index is 679. The molecule has 0 saturated carbocycles. The van der Waals surface area contributed by atoms with E-state index in [1.165, 1.54) is 24.3 Å². The summed E-state index contributed by atoms with van der Waals surface area (Å²) < 4.78 is 40.4. The van der Waals surface area contributed by atoms with E-state index in [1.807, 2.05) is 0 Å². The van der Waals surface area contributed by atoms with Crippen LogP contribution in [0, 0.1) is 6.92 Å². The van der Waals surface area contributed by atoms with Crippen molar-refractivity contribution in [3.8, 4) is 5.69 Å². The number of halogens is 3. The highest BCUT2D eigenvalue weighted by Crippen LogP contribution is 2.34. The zero-order chi connectivity index (χ0) is 16.3. The topological polar surface area (TPSA) is 72.9 Å². The van der Waals surface area contributed by atoms with E-state index in [4.69, 9.17) is 5.73 Å². The molecule has 0 aliphatic heterocycles. The number of nitrogens with zero attached hydrogens (tertiary/aromatic N) is 2. The van der Waals surface area contributed by atoms with Gasteiger partial charge >= 0.3 is 6.18 Å². The number of para-hydroxylation sites is 1. The van der Waals surface area contributed by atoms with Crippen LogP contribution in [0.15, 0.2) is 30.3 Å². The summed E-state index contributed by atoms with van der Waals surface area (Å²) in [6.07, 6.45) is -4.44. The van der Waals surface area contributed by atoms with Crippen LogP contribution in [-0.2, 0) is 11.0 Å². The molecule has 8 heteroatoms. The average molecular weight is 312 g/mol. The largest absolute Gasteiger partial charge is 0.418 e. The number of amides is 1. The van der Waals surface area contributed by atoms with Gasteiger partial charge in [0, 0.05) is 19.0 Å². The third-order valence-corrected chi connectivity index (χ3v) is 2.91.